The average molecular weight is 512 g/mol. The van der Waals surface area contributed by atoms with Gasteiger partial charge in [-0.3, -0.25) is 13.9 Å². The van der Waals surface area contributed by atoms with E-state index in [9.17, 15) is 9.59 Å². The molecule has 1 saturated heterocycles. The van der Waals surface area contributed by atoms with Crippen LogP contribution in [0.4, 0.5) is 17.3 Å². The van der Waals surface area contributed by atoms with E-state index in [0.29, 0.717) is 30.2 Å². The second kappa shape index (κ2) is 9.33. The van der Waals surface area contributed by atoms with Crippen LogP contribution in [0.15, 0.2) is 58.1 Å². The van der Waals surface area contributed by atoms with Gasteiger partial charge >= 0.3 is 5.69 Å². The van der Waals surface area contributed by atoms with Crippen molar-refractivity contribution in [3.05, 3.63) is 80.5 Å². The van der Waals surface area contributed by atoms with Gasteiger partial charge in [-0.2, -0.15) is 4.98 Å². The molecule has 1 fully saturated rings. The Morgan fingerprint density at radius 3 is 2.50 bits per heavy atom. The summed E-state index contributed by atoms with van der Waals surface area (Å²) >= 11 is 0. The second-order valence-corrected chi connectivity index (χ2v) is 10.2. The minimum atomic E-state index is -0.380. The van der Waals surface area contributed by atoms with E-state index in [1.54, 1.807) is 7.05 Å². The maximum absolute atomic E-state index is 14.0. The summed E-state index contributed by atoms with van der Waals surface area (Å²) in [6.45, 7) is 4.23. The fraction of sp³-hybridized carbons (Fsp3) is 0.345. The van der Waals surface area contributed by atoms with Gasteiger partial charge in [0, 0.05) is 56.7 Å². The number of aromatic nitrogens is 4. The highest BCUT2D eigenvalue weighted by molar-refractivity contribution is 5.94. The molecule has 2 aliphatic heterocycles. The van der Waals surface area contributed by atoms with Gasteiger partial charge in [-0.1, -0.05) is 36.4 Å². The second-order valence-electron chi connectivity index (χ2n) is 10.2. The molecule has 0 amide bonds. The number of imidazole rings is 1. The Labute approximate surface area is 221 Å². The van der Waals surface area contributed by atoms with E-state index in [2.05, 4.69) is 34.1 Å². The van der Waals surface area contributed by atoms with Crippen molar-refractivity contribution in [2.45, 2.75) is 38.9 Å². The van der Waals surface area contributed by atoms with Crippen molar-refractivity contribution in [1.82, 2.24) is 18.7 Å². The highest BCUT2D eigenvalue weighted by Gasteiger charge is 2.27. The Morgan fingerprint density at radius 2 is 1.74 bits per heavy atom. The van der Waals surface area contributed by atoms with Gasteiger partial charge in [-0.05, 0) is 49.1 Å². The maximum atomic E-state index is 14.0. The van der Waals surface area contributed by atoms with Crippen molar-refractivity contribution < 1.29 is 0 Å². The molecule has 1 unspecified atom stereocenters. The third-order valence-corrected chi connectivity index (χ3v) is 7.84. The van der Waals surface area contributed by atoms with Gasteiger partial charge < -0.3 is 20.1 Å². The summed E-state index contributed by atoms with van der Waals surface area (Å²) in [5.74, 6) is 0.706. The molecule has 9 heteroatoms. The van der Waals surface area contributed by atoms with Crippen molar-refractivity contribution in [2.24, 2.45) is 12.8 Å². The molecule has 0 saturated carbocycles. The van der Waals surface area contributed by atoms with E-state index < -0.39 is 0 Å². The number of para-hydroxylation sites is 2. The van der Waals surface area contributed by atoms with Crippen molar-refractivity contribution in [3.8, 4) is 0 Å². The molecule has 2 N–H and O–H groups in total. The van der Waals surface area contributed by atoms with Crippen molar-refractivity contribution in [1.29, 1.82) is 0 Å². The molecule has 6 rings (SSSR count). The van der Waals surface area contributed by atoms with Gasteiger partial charge in [-0.15, -0.1) is 0 Å². The van der Waals surface area contributed by atoms with Gasteiger partial charge in [0.2, 0.25) is 5.95 Å². The summed E-state index contributed by atoms with van der Waals surface area (Å²) < 4.78 is 4.78. The molecule has 1 atom stereocenters. The molecule has 0 spiro atoms. The van der Waals surface area contributed by atoms with Crippen LogP contribution in [0.3, 0.4) is 0 Å². The van der Waals surface area contributed by atoms with E-state index in [1.807, 2.05) is 48.9 Å². The van der Waals surface area contributed by atoms with Crippen LogP contribution in [0.25, 0.3) is 22.8 Å². The van der Waals surface area contributed by atoms with Crippen molar-refractivity contribution in [3.63, 3.8) is 0 Å². The van der Waals surface area contributed by atoms with Crippen molar-refractivity contribution in [2.75, 3.05) is 29.9 Å². The number of allylic oxidation sites excluding steroid dienone is 1. The van der Waals surface area contributed by atoms with E-state index in [-0.39, 0.29) is 23.8 Å². The van der Waals surface area contributed by atoms with Gasteiger partial charge in [-0.25, -0.2) is 4.79 Å². The minimum Gasteiger partial charge on any atom is -0.344 e. The number of piperidine rings is 1. The van der Waals surface area contributed by atoms with Gasteiger partial charge in [0.25, 0.3) is 5.56 Å². The first-order valence-electron chi connectivity index (χ1n) is 13.2. The monoisotopic (exact) mass is 511 g/mol. The average Bonchev–Trinajstić information content (AvgIpc) is 3.28. The first kappa shape index (κ1) is 24.2. The van der Waals surface area contributed by atoms with Crippen LogP contribution in [-0.4, -0.2) is 44.9 Å². The van der Waals surface area contributed by atoms with E-state index in [1.165, 1.54) is 9.13 Å². The molecule has 9 nitrogen and oxygen atoms in total. The molecule has 196 valence electrons. The predicted octanol–water partition coefficient (Wildman–Crippen LogP) is 3.17. The Morgan fingerprint density at radius 1 is 1.00 bits per heavy atom. The van der Waals surface area contributed by atoms with Crippen LogP contribution in [-0.2, 0) is 20.1 Å². The number of anilines is 3. The first-order valence-corrected chi connectivity index (χ1v) is 13.2. The third-order valence-electron chi connectivity index (χ3n) is 7.84. The smallest absolute Gasteiger partial charge is 0.332 e. The van der Waals surface area contributed by atoms with Gasteiger partial charge in [0.05, 0.1) is 6.54 Å². The van der Waals surface area contributed by atoms with E-state index in [4.69, 9.17) is 10.7 Å². The number of nitrogens with two attached hydrogens (primary N) is 1. The topological polar surface area (TPSA) is 94.3 Å². The van der Waals surface area contributed by atoms with Crippen LogP contribution in [0.1, 0.15) is 30.9 Å². The number of nitrogens with zero attached hydrogens (tertiary/aromatic N) is 6. The minimum absolute atomic E-state index is 0.0672. The number of rotatable bonds is 4. The standard InChI is InChI=1S/C29H33N7O2/c1-4-35-25-26(31-28(35)34-15-9-11-21(30)18-34)33(3)29(38)36(27(25)37)17-20-16-19-10-5-7-13-23(19)32(2)24-14-8-6-12-22(20)24/h5-8,10,12-14,16,21H,4,9,11,15,17-18,30H2,1-3H3. The third kappa shape index (κ3) is 3.77. The zero-order valence-corrected chi connectivity index (χ0v) is 22.1. The number of fused-ring (bicyclic) bond motifs is 3. The molecule has 4 aromatic rings. The summed E-state index contributed by atoms with van der Waals surface area (Å²) in [6.07, 6.45) is 4.04. The highest BCUT2D eigenvalue weighted by atomic mass is 16.2. The van der Waals surface area contributed by atoms with Crippen molar-refractivity contribution >= 4 is 40.1 Å². The zero-order chi connectivity index (χ0) is 26.6. The van der Waals surface area contributed by atoms with Crippen LogP contribution >= 0.6 is 0 Å². The lowest BCUT2D eigenvalue weighted by atomic mass is 10.0. The van der Waals surface area contributed by atoms with Crippen LogP contribution in [0.2, 0.25) is 0 Å². The van der Waals surface area contributed by atoms with E-state index >= 15 is 0 Å². The van der Waals surface area contributed by atoms with Crippen LogP contribution < -0.4 is 26.8 Å². The first-order chi connectivity index (χ1) is 18.4. The summed E-state index contributed by atoms with van der Waals surface area (Å²) in [5, 5.41) is 0. The summed E-state index contributed by atoms with van der Waals surface area (Å²) in [6, 6.07) is 16.3. The Balaban J connectivity index is 1.53. The Hall–Kier alpha value is -4.11. The lowest BCUT2D eigenvalue weighted by molar-refractivity contribution is 0.494. The highest BCUT2D eigenvalue weighted by Crippen LogP contribution is 2.39. The molecule has 4 heterocycles. The number of hydrogen-bond donors (Lipinski definition) is 1. The van der Waals surface area contributed by atoms with Crippen LogP contribution in [0.5, 0.6) is 0 Å². The number of hydrogen-bond acceptors (Lipinski definition) is 6. The predicted molar refractivity (Wildman–Crippen MR) is 153 cm³/mol. The summed E-state index contributed by atoms with van der Waals surface area (Å²) in [4.78, 5) is 36.8. The number of aryl methyl sites for hydroxylation is 2. The van der Waals surface area contributed by atoms with Crippen LogP contribution in [0, 0.1) is 0 Å². The largest absolute Gasteiger partial charge is 0.344 e. The lowest BCUT2D eigenvalue weighted by Crippen LogP contribution is -2.44. The molecule has 2 aromatic heterocycles. The molecule has 0 aliphatic carbocycles. The molecular formula is C29H33N7O2. The Kier molecular flexibility index (Phi) is 5.95. The summed E-state index contributed by atoms with van der Waals surface area (Å²) in [7, 11) is 3.73. The SMILES string of the molecule is CCn1c(N2CCCC(N)C2)nc2c1c(=O)n(CC1=Cc3ccccc3N(C)c3ccccc31)c(=O)n2C. The number of benzene rings is 2. The quantitative estimate of drug-likeness (QED) is 0.452. The fourth-order valence-electron chi connectivity index (χ4n) is 5.88. The molecule has 2 aromatic carbocycles. The summed E-state index contributed by atoms with van der Waals surface area (Å²) in [5.41, 5.74) is 11.4. The maximum Gasteiger partial charge on any atom is 0.332 e. The Bertz CT molecular complexity index is 1690. The van der Waals surface area contributed by atoms with E-state index in [0.717, 1.165) is 47.5 Å². The van der Waals surface area contributed by atoms with Gasteiger partial charge in [0.15, 0.2) is 11.2 Å². The molecule has 2 aliphatic rings. The normalized spacial score (nSPS) is 17.3. The molecular weight excluding hydrogens is 478 g/mol. The fourth-order valence-corrected chi connectivity index (χ4v) is 5.88. The molecule has 0 radical (unpaired) electrons. The zero-order valence-electron chi connectivity index (χ0n) is 22.1. The lowest BCUT2D eigenvalue weighted by Gasteiger charge is -2.31. The molecule has 38 heavy (non-hydrogen) atoms. The molecule has 0 bridgehead atoms. The van der Waals surface area contributed by atoms with Gasteiger partial charge in [0.1, 0.15) is 0 Å².